The van der Waals surface area contributed by atoms with Gasteiger partial charge in [0, 0.05) is 36.0 Å². The molecule has 10 heteroatoms. The van der Waals surface area contributed by atoms with Crippen molar-refractivity contribution >= 4 is 23.2 Å². The first kappa shape index (κ1) is 19.9. The first-order chi connectivity index (χ1) is 13.8. The number of hydrogen-bond donors (Lipinski definition) is 2. The van der Waals surface area contributed by atoms with Crippen LogP contribution in [0.4, 0.5) is 20.2 Å². The number of carbonyl (C=O) groups is 2. The molecule has 2 aromatic carbocycles. The lowest BCUT2D eigenvalue weighted by Crippen LogP contribution is -2.32. The van der Waals surface area contributed by atoms with Gasteiger partial charge in [0.1, 0.15) is 5.70 Å². The van der Waals surface area contributed by atoms with E-state index in [-0.39, 0.29) is 34.3 Å². The van der Waals surface area contributed by atoms with E-state index in [9.17, 15) is 18.4 Å². The molecule has 0 fully saturated rings. The molecule has 0 aromatic heterocycles. The van der Waals surface area contributed by atoms with Gasteiger partial charge in [-0.25, -0.2) is 13.7 Å². The van der Waals surface area contributed by atoms with Crippen LogP contribution in [0.1, 0.15) is 0 Å². The topological polar surface area (TPSA) is 97.3 Å². The van der Waals surface area contributed by atoms with Gasteiger partial charge in [-0.3, -0.25) is 9.59 Å². The van der Waals surface area contributed by atoms with Crippen molar-refractivity contribution in [2.75, 3.05) is 31.5 Å². The third-order valence-corrected chi connectivity index (χ3v) is 4.13. The van der Waals surface area contributed by atoms with Crippen LogP contribution in [0.5, 0.6) is 23.0 Å². The minimum absolute atomic E-state index is 0.144. The van der Waals surface area contributed by atoms with Gasteiger partial charge in [-0.05, 0) is 0 Å². The molecule has 2 amide bonds. The van der Waals surface area contributed by atoms with Gasteiger partial charge in [0.25, 0.3) is 11.8 Å². The Morgan fingerprint density at radius 3 is 1.97 bits per heavy atom. The molecule has 0 unspecified atom stereocenters. The molecule has 2 aromatic rings. The van der Waals surface area contributed by atoms with Gasteiger partial charge in [-0.2, -0.15) is 0 Å². The van der Waals surface area contributed by atoms with Crippen molar-refractivity contribution in [2.45, 2.75) is 0 Å². The summed E-state index contributed by atoms with van der Waals surface area (Å²) in [4.78, 5) is 26.0. The van der Waals surface area contributed by atoms with Crippen LogP contribution < -0.4 is 24.4 Å². The number of halogens is 2. The van der Waals surface area contributed by atoms with Crippen molar-refractivity contribution in [3.05, 3.63) is 47.7 Å². The molecule has 0 aliphatic carbocycles. The number of amides is 2. The number of anilines is 2. The number of benzene rings is 2. The summed E-state index contributed by atoms with van der Waals surface area (Å²) < 4.78 is 42.7. The van der Waals surface area contributed by atoms with Crippen LogP contribution in [0.25, 0.3) is 0 Å². The summed E-state index contributed by atoms with van der Waals surface area (Å²) in [5.74, 6) is -4.29. The van der Waals surface area contributed by atoms with Crippen LogP contribution in [-0.4, -0.2) is 38.3 Å². The van der Waals surface area contributed by atoms with Crippen LogP contribution in [0, 0.1) is 11.6 Å². The second-order valence-corrected chi connectivity index (χ2v) is 5.83. The Morgan fingerprint density at radius 2 is 1.48 bits per heavy atom. The maximum absolute atomic E-state index is 13.5. The average molecular weight is 406 g/mol. The zero-order valence-electron chi connectivity index (χ0n) is 15.6. The van der Waals surface area contributed by atoms with E-state index in [0.29, 0.717) is 0 Å². The lowest BCUT2D eigenvalue weighted by atomic mass is 10.2. The van der Waals surface area contributed by atoms with Crippen molar-refractivity contribution < 1.29 is 37.7 Å². The van der Waals surface area contributed by atoms with Gasteiger partial charge >= 0.3 is 0 Å². The summed E-state index contributed by atoms with van der Waals surface area (Å²) in [7, 11) is 4.17. The number of imide groups is 1. The van der Waals surface area contributed by atoms with Crippen molar-refractivity contribution in [3.8, 4) is 23.0 Å². The van der Waals surface area contributed by atoms with Crippen LogP contribution >= 0.6 is 0 Å². The van der Waals surface area contributed by atoms with Crippen molar-refractivity contribution in [1.82, 2.24) is 0 Å². The normalized spacial score (nSPS) is 13.4. The van der Waals surface area contributed by atoms with E-state index in [1.807, 2.05) is 0 Å². The summed E-state index contributed by atoms with van der Waals surface area (Å²) in [6.07, 6.45) is 0.980. The summed E-state index contributed by atoms with van der Waals surface area (Å²) in [6.45, 7) is 0. The number of phenolic OH excluding ortho intramolecular Hbond substituents is 1. The monoisotopic (exact) mass is 406 g/mol. The first-order valence-corrected chi connectivity index (χ1v) is 8.15. The molecule has 0 saturated carbocycles. The molecule has 0 atom stereocenters. The summed E-state index contributed by atoms with van der Waals surface area (Å²) in [5, 5.41) is 11.6. The van der Waals surface area contributed by atoms with Crippen molar-refractivity contribution in [1.29, 1.82) is 0 Å². The van der Waals surface area contributed by atoms with Gasteiger partial charge < -0.3 is 24.6 Å². The minimum atomic E-state index is -1.22. The van der Waals surface area contributed by atoms with Gasteiger partial charge in [0.15, 0.2) is 28.9 Å². The number of nitrogens with one attached hydrogen (secondary N) is 1. The number of phenols is 1. The molecule has 1 aliphatic heterocycles. The van der Waals surface area contributed by atoms with E-state index in [0.717, 1.165) is 23.1 Å². The largest absolute Gasteiger partial charge is 0.503 e. The number of ether oxygens (including phenoxy) is 3. The number of methoxy groups -OCH3 is 3. The molecule has 3 rings (SSSR count). The number of hydrogen-bond acceptors (Lipinski definition) is 7. The first-order valence-electron chi connectivity index (χ1n) is 8.15. The maximum Gasteiger partial charge on any atom is 0.281 e. The van der Waals surface area contributed by atoms with Crippen molar-refractivity contribution in [3.63, 3.8) is 0 Å². The lowest BCUT2D eigenvalue weighted by molar-refractivity contribution is -0.120. The fraction of sp³-hybridized carbons (Fsp3) is 0.158. The van der Waals surface area contributed by atoms with Gasteiger partial charge in [-0.1, -0.05) is 0 Å². The molecule has 1 heterocycles. The van der Waals surface area contributed by atoms with E-state index < -0.39 is 29.2 Å². The highest BCUT2D eigenvalue weighted by Crippen LogP contribution is 2.42. The molecule has 152 valence electrons. The predicted molar refractivity (Wildman–Crippen MR) is 98.3 cm³/mol. The maximum atomic E-state index is 13.5. The lowest BCUT2D eigenvalue weighted by Gasteiger charge is -2.19. The Balaban J connectivity index is 1.93. The molecule has 8 nitrogen and oxygen atoms in total. The van der Waals surface area contributed by atoms with Crippen LogP contribution in [-0.2, 0) is 9.59 Å². The second kappa shape index (κ2) is 7.66. The number of nitrogens with zero attached hydrogens (tertiary/aromatic N) is 1. The highest BCUT2D eigenvalue weighted by atomic mass is 19.1. The summed E-state index contributed by atoms with van der Waals surface area (Å²) >= 11 is 0. The Morgan fingerprint density at radius 1 is 0.931 bits per heavy atom. The number of rotatable bonds is 6. The number of carbonyl (C=O) groups excluding carboxylic acids is 2. The third kappa shape index (κ3) is 3.51. The average Bonchev–Trinajstić information content (AvgIpc) is 2.97. The molecule has 29 heavy (non-hydrogen) atoms. The Hall–Kier alpha value is -3.82. The van der Waals surface area contributed by atoms with Crippen LogP contribution in [0.3, 0.4) is 0 Å². The van der Waals surface area contributed by atoms with Crippen LogP contribution in [0.15, 0.2) is 36.0 Å². The quantitative estimate of drug-likeness (QED) is 0.562. The zero-order valence-corrected chi connectivity index (χ0v) is 15.6. The Labute approximate surface area is 163 Å². The Bertz CT molecular complexity index is 989. The molecular formula is C19H16F2N2O6. The van der Waals surface area contributed by atoms with E-state index in [4.69, 9.17) is 19.3 Å². The van der Waals surface area contributed by atoms with Gasteiger partial charge in [-0.15, -0.1) is 0 Å². The standard InChI is InChI=1S/C19H16F2N2O6/c1-27-14-6-10(7-15(28-2)18(14)29-3)23-16(24)8-13(19(23)26)22-9-4-11(20)17(25)12(21)5-9/h4-8,22,25H,1-3H3. The summed E-state index contributed by atoms with van der Waals surface area (Å²) in [5.41, 5.74) is -0.226. The summed E-state index contributed by atoms with van der Waals surface area (Å²) in [6, 6.07) is 4.40. The third-order valence-electron chi connectivity index (χ3n) is 4.13. The Kier molecular flexibility index (Phi) is 5.26. The van der Waals surface area contributed by atoms with E-state index >= 15 is 0 Å². The fourth-order valence-corrected chi connectivity index (χ4v) is 2.79. The van der Waals surface area contributed by atoms with Gasteiger partial charge in [0.05, 0.1) is 27.0 Å². The molecule has 2 N–H and O–H groups in total. The molecule has 1 aliphatic rings. The SMILES string of the molecule is COc1cc(N2C(=O)C=C(Nc3cc(F)c(O)c(F)c3)C2=O)cc(OC)c1OC. The second-order valence-electron chi connectivity index (χ2n) is 5.83. The highest BCUT2D eigenvalue weighted by Gasteiger charge is 2.34. The van der Waals surface area contributed by atoms with E-state index in [1.54, 1.807) is 0 Å². The number of aromatic hydroxyl groups is 1. The molecule has 0 saturated heterocycles. The molecule has 0 spiro atoms. The fourth-order valence-electron chi connectivity index (χ4n) is 2.79. The highest BCUT2D eigenvalue weighted by molar-refractivity contribution is 6.31. The van der Waals surface area contributed by atoms with E-state index in [1.165, 1.54) is 33.5 Å². The molecular weight excluding hydrogens is 390 g/mol. The minimum Gasteiger partial charge on any atom is -0.503 e. The predicted octanol–water partition coefficient (Wildman–Crippen LogP) is 2.57. The van der Waals surface area contributed by atoms with Gasteiger partial charge in [0.2, 0.25) is 5.75 Å². The van der Waals surface area contributed by atoms with E-state index in [2.05, 4.69) is 5.32 Å². The molecule has 0 bridgehead atoms. The smallest absolute Gasteiger partial charge is 0.281 e. The van der Waals surface area contributed by atoms with Crippen LogP contribution in [0.2, 0.25) is 0 Å². The van der Waals surface area contributed by atoms with Crippen molar-refractivity contribution in [2.24, 2.45) is 0 Å². The molecule has 0 radical (unpaired) electrons. The zero-order chi connectivity index (χ0) is 21.3.